The van der Waals surface area contributed by atoms with E-state index in [1.54, 1.807) is 6.92 Å². The van der Waals surface area contributed by atoms with Crippen LogP contribution < -0.4 is 10.9 Å². The molecule has 1 aromatic carbocycles. The lowest BCUT2D eigenvalue weighted by atomic mass is 10.2. The van der Waals surface area contributed by atoms with Crippen LogP contribution in [0.15, 0.2) is 29.1 Å². The number of anilines is 2. The molecule has 0 amide bonds. The molecule has 0 aliphatic carbocycles. The first-order chi connectivity index (χ1) is 10.2. The normalized spacial score (nSPS) is 15.3. The van der Waals surface area contributed by atoms with E-state index in [1.807, 2.05) is 12.1 Å². The van der Waals surface area contributed by atoms with Gasteiger partial charge in [0, 0.05) is 12.2 Å². The molecule has 6 heteroatoms. The number of aromatic amines is 1. The second-order valence-electron chi connectivity index (χ2n) is 5.39. The number of aromatic nitrogens is 3. The van der Waals surface area contributed by atoms with Gasteiger partial charge in [-0.05, 0) is 50.6 Å². The summed E-state index contributed by atoms with van der Waals surface area (Å²) in [4.78, 5) is 16.6. The van der Waals surface area contributed by atoms with Crippen LogP contribution in [-0.2, 0) is 6.54 Å². The smallest absolute Gasteiger partial charge is 0.273 e. The topological polar surface area (TPSA) is 73.9 Å². The Morgan fingerprint density at radius 1 is 1.19 bits per heavy atom. The van der Waals surface area contributed by atoms with Gasteiger partial charge in [0.15, 0.2) is 0 Å². The van der Waals surface area contributed by atoms with Crippen LogP contribution >= 0.6 is 0 Å². The molecule has 6 nitrogen and oxygen atoms in total. The lowest BCUT2D eigenvalue weighted by molar-refractivity contribution is 0.331. The van der Waals surface area contributed by atoms with Crippen LogP contribution in [0.3, 0.4) is 0 Å². The molecule has 2 aromatic rings. The lowest BCUT2D eigenvalue weighted by Gasteiger charge is -2.14. The molecule has 1 fully saturated rings. The summed E-state index contributed by atoms with van der Waals surface area (Å²) in [5.41, 5.74) is 2.32. The number of aryl methyl sites for hydroxylation is 1. The molecular weight excluding hydrogens is 266 g/mol. The summed E-state index contributed by atoms with van der Waals surface area (Å²) in [6.07, 6.45) is 2.61. The zero-order chi connectivity index (χ0) is 14.7. The van der Waals surface area contributed by atoms with Crippen LogP contribution in [0.4, 0.5) is 11.6 Å². The van der Waals surface area contributed by atoms with E-state index in [4.69, 9.17) is 0 Å². The summed E-state index contributed by atoms with van der Waals surface area (Å²) in [5.74, 6) is 0.359. The minimum Gasteiger partial charge on any atom is -0.324 e. The highest BCUT2D eigenvalue weighted by Crippen LogP contribution is 2.16. The second kappa shape index (κ2) is 6.05. The Morgan fingerprint density at radius 3 is 2.57 bits per heavy atom. The quantitative estimate of drug-likeness (QED) is 0.896. The molecule has 1 aliphatic heterocycles. The zero-order valence-corrected chi connectivity index (χ0v) is 12.1. The highest BCUT2D eigenvalue weighted by molar-refractivity contribution is 5.53. The number of rotatable bonds is 4. The highest BCUT2D eigenvalue weighted by atomic mass is 16.1. The van der Waals surface area contributed by atoms with Crippen molar-refractivity contribution < 1.29 is 0 Å². The van der Waals surface area contributed by atoms with Gasteiger partial charge in [-0.25, -0.2) is 0 Å². The first-order valence-corrected chi connectivity index (χ1v) is 7.22. The van der Waals surface area contributed by atoms with Crippen LogP contribution in [-0.4, -0.2) is 33.2 Å². The van der Waals surface area contributed by atoms with Crippen LogP contribution in [0, 0.1) is 6.92 Å². The summed E-state index contributed by atoms with van der Waals surface area (Å²) in [6.45, 7) is 5.02. The molecule has 2 heterocycles. The molecule has 0 bridgehead atoms. The van der Waals surface area contributed by atoms with E-state index in [-0.39, 0.29) is 5.56 Å². The maximum Gasteiger partial charge on any atom is 0.273 e. The van der Waals surface area contributed by atoms with Crippen LogP contribution in [0.25, 0.3) is 0 Å². The molecule has 3 rings (SSSR count). The van der Waals surface area contributed by atoms with Gasteiger partial charge in [0.2, 0.25) is 5.95 Å². The Hall–Kier alpha value is -2.21. The number of benzene rings is 1. The summed E-state index contributed by atoms with van der Waals surface area (Å²) in [7, 11) is 0. The van der Waals surface area contributed by atoms with E-state index in [2.05, 4.69) is 37.5 Å². The van der Waals surface area contributed by atoms with Crippen molar-refractivity contribution in [3.05, 3.63) is 45.9 Å². The van der Waals surface area contributed by atoms with E-state index in [0.29, 0.717) is 11.6 Å². The van der Waals surface area contributed by atoms with Gasteiger partial charge in [0.1, 0.15) is 5.69 Å². The Kier molecular flexibility index (Phi) is 3.96. The molecule has 0 spiro atoms. The summed E-state index contributed by atoms with van der Waals surface area (Å²) < 4.78 is 0. The van der Waals surface area contributed by atoms with Gasteiger partial charge < -0.3 is 5.32 Å². The Morgan fingerprint density at radius 2 is 1.90 bits per heavy atom. The molecule has 0 unspecified atom stereocenters. The average Bonchev–Trinajstić information content (AvgIpc) is 2.98. The minimum atomic E-state index is -0.224. The van der Waals surface area contributed by atoms with E-state index in [0.717, 1.165) is 12.2 Å². The van der Waals surface area contributed by atoms with Crippen molar-refractivity contribution in [2.45, 2.75) is 26.3 Å². The van der Waals surface area contributed by atoms with E-state index >= 15 is 0 Å². The molecule has 1 aromatic heterocycles. The maximum absolute atomic E-state index is 11.5. The van der Waals surface area contributed by atoms with Gasteiger partial charge in [-0.15, -0.1) is 10.2 Å². The van der Waals surface area contributed by atoms with E-state index in [9.17, 15) is 4.79 Å². The van der Waals surface area contributed by atoms with Crippen LogP contribution in [0.1, 0.15) is 24.1 Å². The molecule has 1 aliphatic rings. The van der Waals surface area contributed by atoms with E-state index < -0.39 is 0 Å². The third-order valence-corrected chi connectivity index (χ3v) is 3.68. The predicted octanol–water partition coefficient (Wildman–Crippen LogP) is 1.81. The zero-order valence-electron chi connectivity index (χ0n) is 12.1. The minimum absolute atomic E-state index is 0.224. The molecule has 0 radical (unpaired) electrons. The third kappa shape index (κ3) is 3.46. The lowest BCUT2D eigenvalue weighted by Crippen LogP contribution is -2.18. The monoisotopic (exact) mass is 285 g/mol. The van der Waals surface area contributed by atoms with E-state index in [1.165, 1.54) is 31.5 Å². The Balaban J connectivity index is 1.66. The van der Waals surface area contributed by atoms with Gasteiger partial charge in [0.25, 0.3) is 5.56 Å². The van der Waals surface area contributed by atoms with Gasteiger partial charge >= 0.3 is 0 Å². The fraction of sp³-hybridized carbons (Fsp3) is 0.400. The number of H-pyrrole nitrogens is 1. The van der Waals surface area contributed by atoms with Crippen molar-refractivity contribution in [2.75, 3.05) is 18.4 Å². The predicted molar refractivity (Wildman–Crippen MR) is 81.6 cm³/mol. The second-order valence-corrected chi connectivity index (χ2v) is 5.39. The summed E-state index contributed by atoms with van der Waals surface area (Å²) in [5, 5.41) is 10.8. The number of nitrogens with zero attached hydrogens (tertiary/aromatic N) is 3. The van der Waals surface area contributed by atoms with Crippen molar-refractivity contribution in [1.82, 2.24) is 20.1 Å². The first-order valence-electron chi connectivity index (χ1n) is 7.22. The molecule has 2 N–H and O–H groups in total. The fourth-order valence-corrected chi connectivity index (χ4v) is 2.48. The van der Waals surface area contributed by atoms with Gasteiger partial charge in [-0.1, -0.05) is 12.1 Å². The summed E-state index contributed by atoms with van der Waals surface area (Å²) in [6, 6.07) is 8.18. The number of nitrogens with one attached hydrogen (secondary N) is 2. The van der Waals surface area contributed by atoms with Gasteiger partial charge in [-0.2, -0.15) is 0 Å². The maximum atomic E-state index is 11.5. The van der Waals surface area contributed by atoms with Crippen LogP contribution in [0.2, 0.25) is 0 Å². The van der Waals surface area contributed by atoms with Gasteiger partial charge in [0.05, 0.1) is 0 Å². The van der Waals surface area contributed by atoms with Crippen molar-refractivity contribution in [3.8, 4) is 0 Å². The standard InChI is InChI=1S/C15H19N5O/c1-11-14(21)17-15(19-18-11)16-13-6-4-12(5-7-13)10-20-8-2-3-9-20/h4-7H,2-3,8-10H2,1H3,(H2,16,17,19,21). The average molecular weight is 285 g/mol. The molecule has 1 saturated heterocycles. The van der Waals surface area contributed by atoms with Crippen molar-refractivity contribution >= 4 is 11.6 Å². The number of hydrogen-bond donors (Lipinski definition) is 2. The largest absolute Gasteiger partial charge is 0.324 e. The Bertz CT molecular complexity index is 659. The molecule has 0 atom stereocenters. The third-order valence-electron chi connectivity index (χ3n) is 3.68. The van der Waals surface area contributed by atoms with Gasteiger partial charge in [-0.3, -0.25) is 14.7 Å². The Labute approximate surface area is 123 Å². The molecule has 0 saturated carbocycles. The number of hydrogen-bond acceptors (Lipinski definition) is 5. The molecule has 21 heavy (non-hydrogen) atoms. The summed E-state index contributed by atoms with van der Waals surface area (Å²) >= 11 is 0. The molecular formula is C15H19N5O. The van der Waals surface area contributed by atoms with Crippen molar-refractivity contribution in [1.29, 1.82) is 0 Å². The van der Waals surface area contributed by atoms with Crippen molar-refractivity contribution in [3.63, 3.8) is 0 Å². The highest BCUT2D eigenvalue weighted by Gasteiger charge is 2.11. The molecule has 110 valence electrons. The van der Waals surface area contributed by atoms with Crippen LogP contribution in [0.5, 0.6) is 0 Å². The SMILES string of the molecule is Cc1nnc(Nc2ccc(CN3CCCC3)cc2)[nH]c1=O. The van der Waals surface area contributed by atoms with Crippen molar-refractivity contribution in [2.24, 2.45) is 0 Å². The number of likely N-dealkylation sites (tertiary alicyclic amines) is 1. The fourth-order valence-electron chi connectivity index (χ4n) is 2.48. The first kappa shape index (κ1) is 13.8.